The molecule has 1 aromatic heterocycles. The van der Waals surface area contributed by atoms with Crippen LogP contribution in [0.15, 0.2) is 36.5 Å². The van der Waals surface area contributed by atoms with Gasteiger partial charge in [0.2, 0.25) is 5.75 Å². The number of aromatic nitrogens is 1. The van der Waals surface area contributed by atoms with Crippen LogP contribution in [0.25, 0.3) is 0 Å². The van der Waals surface area contributed by atoms with Crippen molar-refractivity contribution in [2.45, 2.75) is 6.61 Å². The van der Waals surface area contributed by atoms with Gasteiger partial charge in [-0.2, -0.15) is 0 Å². The van der Waals surface area contributed by atoms with E-state index in [1.165, 1.54) is 37.6 Å². The highest BCUT2D eigenvalue weighted by molar-refractivity contribution is 5.38. The molecule has 6 nitrogen and oxygen atoms in total. The van der Waals surface area contributed by atoms with Crippen LogP contribution in [0.5, 0.6) is 11.5 Å². The van der Waals surface area contributed by atoms with Crippen molar-refractivity contribution >= 4 is 5.82 Å². The summed E-state index contributed by atoms with van der Waals surface area (Å²) in [5.74, 6) is -0.731. The van der Waals surface area contributed by atoms with Crippen molar-refractivity contribution in [1.29, 1.82) is 0 Å². The third-order valence-electron chi connectivity index (χ3n) is 2.53. The first-order valence-corrected chi connectivity index (χ1v) is 5.66. The standard InChI is InChI=1S/C13H11FN2O4/c1-19-11-5-4-9(7-10(11)14)8-20-12-3-2-6-15-13(12)16(17)18/h2-7H,8H2,1H3. The van der Waals surface area contributed by atoms with Gasteiger partial charge in [0.1, 0.15) is 12.8 Å². The first-order chi connectivity index (χ1) is 9.61. The summed E-state index contributed by atoms with van der Waals surface area (Å²) in [6, 6.07) is 7.29. The molecule has 0 aliphatic carbocycles. The zero-order valence-electron chi connectivity index (χ0n) is 10.6. The smallest absolute Gasteiger partial charge is 0.406 e. The third kappa shape index (κ3) is 3.00. The number of pyridine rings is 1. The molecule has 0 saturated carbocycles. The summed E-state index contributed by atoms with van der Waals surface area (Å²) in [7, 11) is 1.37. The normalized spacial score (nSPS) is 10.1. The number of hydrogen-bond donors (Lipinski definition) is 0. The van der Waals surface area contributed by atoms with Crippen LogP contribution in [-0.2, 0) is 6.61 Å². The Bertz CT molecular complexity index is 634. The van der Waals surface area contributed by atoms with E-state index >= 15 is 0 Å². The number of nitrogens with zero attached hydrogens (tertiary/aromatic N) is 2. The molecule has 0 radical (unpaired) electrons. The summed E-state index contributed by atoms with van der Waals surface area (Å²) in [5, 5.41) is 10.8. The van der Waals surface area contributed by atoms with E-state index in [9.17, 15) is 14.5 Å². The molecule has 0 N–H and O–H groups in total. The van der Waals surface area contributed by atoms with Crippen molar-refractivity contribution < 1.29 is 18.8 Å². The summed E-state index contributed by atoms with van der Waals surface area (Å²) >= 11 is 0. The Hall–Kier alpha value is -2.70. The summed E-state index contributed by atoms with van der Waals surface area (Å²) in [4.78, 5) is 13.7. The monoisotopic (exact) mass is 278 g/mol. The molecule has 1 heterocycles. The van der Waals surface area contributed by atoms with Gasteiger partial charge in [0.15, 0.2) is 11.6 Å². The van der Waals surface area contributed by atoms with Crippen LogP contribution in [0.4, 0.5) is 10.2 Å². The van der Waals surface area contributed by atoms with Gasteiger partial charge in [-0.3, -0.25) is 0 Å². The van der Waals surface area contributed by atoms with Gasteiger partial charge in [-0.25, -0.2) is 4.39 Å². The van der Waals surface area contributed by atoms with Crippen molar-refractivity contribution in [1.82, 2.24) is 4.98 Å². The molecule has 104 valence electrons. The van der Waals surface area contributed by atoms with Gasteiger partial charge in [0.25, 0.3) is 0 Å². The Labute approximate surface area is 113 Å². The van der Waals surface area contributed by atoms with Gasteiger partial charge in [0, 0.05) is 0 Å². The number of methoxy groups -OCH3 is 1. The van der Waals surface area contributed by atoms with Gasteiger partial charge in [-0.05, 0) is 39.7 Å². The highest BCUT2D eigenvalue weighted by Crippen LogP contribution is 2.24. The number of rotatable bonds is 5. The molecular formula is C13H11FN2O4. The molecule has 0 saturated heterocycles. The van der Waals surface area contributed by atoms with Crippen molar-refractivity contribution in [3.8, 4) is 11.5 Å². The van der Waals surface area contributed by atoms with Crippen LogP contribution >= 0.6 is 0 Å². The lowest BCUT2D eigenvalue weighted by molar-refractivity contribution is -0.390. The van der Waals surface area contributed by atoms with Crippen LogP contribution in [0, 0.1) is 15.9 Å². The topological polar surface area (TPSA) is 74.5 Å². The maximum Gasteiger partial charge on any atom is 0.406 e. The second kappa shape index (κ2) is 5.96. The SMILES string of the molecule is COc1ccc(COc2cccnc2[N+](=O)[O-])cc1F. The van der Waals surface area contributed by atoms with E-state index in [4.69, 9.17) is 9.47 Å². The first kappa shape index (κ1) is 13.7. The largest absolute Gasteiger partial charge is 0.494 e. The molecule has 1 aromatic carbocycles. The van der Waals surface area contributed by atoms with E-state index in [0.29, 0.717) is 5.56 Å². The van der Waals surface area contributed by atoms with E-state index in [-0.39, 0.29) is 23.9 Å². The van der Waals surface area contributed by atoms with E-state index in [2.05, 4.69) is 4.98 Å². The lowest BCUT2D eigenvalue weighted by atomic mass is 10.2. The Balaban J connectivity index is 2.13. The second-order valence-electron chi connectivity index (χ2n) is 3.84. The quantitative estimate of drug-likeness (QED) is 0.621. The summed E-state index contributed by atoms with van der Waals surface area (Å²) in [6.07, 6.45) is 1.30. The summed E-state index contributed by atoms with van der Waals surface area (Å²) in [6.45, 7) is -0.00650. The molecule has 0 spiro atoms. The lowest BCUT2D eigenvalue weighted by Crippen LogP contribution is -2.01. The Kier molecular flexibility index (Phi) is 4.09. The fraction of sp³-hybridized carbons (Fsp3) is 0.154. The summed E-state index contributed by atoms with van der Waals surface area (Å²) in [5.41, 5.74) is 0.529. The van der Waals surface area contributed by atoms with E-state index in [1.54, 1.807) is 6.07 Å². The minimum absolute atomic E-state index is 0.00650. The van der Waals surface area contributed by atoms with Gasteiger partial charge in [-0.15, -0.1) is 0 Å². The van der Waals surface area contributed by atoms with Crippen molar-refractivity contribution in [2.75, 3.05) is 7.11 Å². The van der Waals surface area contributed by atoms with Crippen LogP contribution in [-0.4, -0.2) is 17.0 Å². The zero-order chi connectivity index (χ0) is 14.5. The van der Waals surface area contributed by atoms with Gasteiger partial charge < -0.3 is 19.6 Å². The van der Waals surface area contributed by atoms with Gasteiger partial charge >= 0.3 is 5.82 Å². The maximum absolute atomic E-state index is 13.5. The summed E-state index contributed by atoms with van der Waals surface area (Å²) < 4.78 is 23.6. The fourth-order valence-corrected chi connectivity index (χ4v) is 1.59. The Morgan fingerprint density at radius 2 is 2.15 bits per heavy atom. The molecule has 0 amide bonds. The predicted molar refractivity (Wildman–Crippen MR) is 68.2 cm³/mol. The minimum atomic E-state index is -0.635. The van der Waals surface area contributed by atoms with E-state index < -0.39 is 10.7 Å². The molecule has 20 heavy (non-hydrogen) atoms. The van der Waals surface area contributed by atoms with Crippen LogP contribution in [0.1, 0.15) is 5.56 Å². The average Bonchev–Trinajstić information content (AvgIpc) is 2.45. The lowest BCUT2D eigenvalue weighted by Gasteiger charge is -2.07. The van der Waals surface area contributed by atoms with Crippen LogP contribution in [0.3, 0.4) is 0 Å². The number of ether oxygens (including phenoxy) is 2. The molecular weight excluding hydrogens is 267 g/mol. The molecule has 0 unspecified atom stereocenters. The second-order valence-corrected chi connectivity index (χ2v) is 3.84. The van der Waals surface area contributed by atoms with Crippen molar-refractivity contribution in [3.63, 3.8) is 0 Å². The molecule has 0 aliphatic heterocycles. The highest BCUT2D eigenvalue weighted by atomic mass is 19.1. The van der Waals surface area contributed by atoms with E-state index in [1.807, 2.05) is 0 Å². The molecule has 7 heteroatoms. The number of hydrogen-bond acceptors (Lipinski definition) is 5. The zero-order valence-corrected chi connectivity index (χ0v) is 10.6. The van der Waals surface area contributed by atoms with Gasteiger partial charge in [0.05, 0.1) is 7.11 Å². The fourth-order valence-electron chi connectivity index (χ4n) is 1.59. The van der Waals surface area contributed by atoms with Crippen LogP contribution < -0.4 is 9.47 Å². The molecule has 2 rings (SSSR count). The van der Waals surface area contributed by atoms with E-state index in [0.717, 1.165) is 0 Å². The number of nitro groups is 1. The molecule has 2 aromatic rings. The molecule has 0 fully saturated rings. The minimum Gasteiger partial charge on any atom is -0.494 e. The number of halogens is 1. The predicted octanol–water partition coefficient (Wildman–Crippen LogP) is 2.72. The van der Waals surface area contributed by atoms with Crippen molar-refractivity contribution in [3.05, 3.63) is 58.0 Å². The highest BCUT2D eigenvalue weighted by Gasteiger charge is 2.15. The average molecular weight is 278 g/mol. The maximum atomic E-state index is 13.5. The molecule has 0 atom stereocenters. The number of benzene rings is 1. The molecule has 0 aliphatic rings. The Morgan fingerprint density at radius 1 is 1.35 bits per heavy atom. The van der Waals surface area contributed by atoms with Gasteiger partial charge in [-0.1, -0.05) is 6.07 Å². The first-order valence-electron chi connectivity index (χ1n) is 5.66. The van der Waals surface area contributed by atoms with Crippen LogP contribution in [0.2, 0.25) is 0 Å². The Morgan fingerprint density at radius 3 is 2.80 bits per heavy atom. The third-order valence-corrected chi connectivity index (χ3v) is 2.53. The van der Waals surface area contributed by atoms with Crippen molar-refractivity contribution in [2.24, 2.45) is 0 Å². The molecule has 0 bridgehead atoms.